The molecule has 7 heteroatoms. The summed E-state index contributed by atoms with van der Waals surface area (Å²) in [5, 5.41) is 0.0447. The van der Waals surface area contributed by atoms with Gasteiger partial charge in [-0.25, -0.2) is 4.79 Å². The number of likely N-dealkylation sites (tertiary alicyclic amines) is 1. The summed E-state index contributed by atoms with van der Waals surface area (Å²) in [6.45, 7) is 12.7. The molecule has 220 valence electrons. The van der Waals surface area contributed by atoms with Crippen LogP contribution in [0.2, 0.25) is 0 Å². The number of amides is 1. The number of hydrogen-bond donors (Lipinski definition) is 0. The van der Waals surface area contributed by atoms with E-state index in [0.29, 0.717) is 19.0 Å². The van der Waals surface area contributed by atoms with Crippen LogP contribution in [0.25, 0.3) is 0 Å². The van der Waals surface area contributed by atoms with Crippen LogP contribution in [0.4, 0.5) is 4.79 Å². The first-order valence-electron chi connectivity index (χ1n) is 14.3. The minimum atomic E-state index is -0.562. The summed E-state index contributed by atoms with van der Waals surface area (Å²) < 4.78 is 16.9. The lowest BCUT2D eigenvalue weighted by Crippen LogP contribution is -2.43. The van der Waals surface area contributed by atoms with Crippen LogP contribution in [-0.4, -0.2) is 53.6 Å². The Morgan fingerprint density at radius 1 is 0.875 bits per heavy atom. The van der Waals surface area contributed by atoms with Crippen molar-refractivity contribution in [2.45, 2.75) is 89.4 Å². The van der Waals surface area contributed by atoms with E-state index in [1.165, 1.54) is 11.1 Å². The summed E-state index contributed by atoms with van der Waals surface area (Å²) in [5.74, 6) is 1.55. The third-order valence-corrected chi connectivity index (χ3v) is 8.34. The number of rotatable bonds is 10. The molecule has 1 fully saturated rings. The van der Waals surface area contributed by atoms with E-state index >= 15 is 0 Å². The highest BCUT2D eigenvalue weighted by molar-refractivity contribution is 7.99. The van der Waals surface area contributed by atoms with Gasteiger partial charge in [0.1, 0.15) is 17.0 Å². The second kappa shape index (κ2) is 14.3. The fraction of sp³-hybridized carbons (Fsp3) is 0.576. The summed E-state index contributed by atoms with van der Waals surface area (Å²) in [5.41, 5.74) is 1.33. The Labute approximate surface area is 245 Å². The molecule has 40 heavy (non-hydrogen) atoms. The molecule has 0 N–H and O–H groups in total. The zero-order chi connectivity index (χ0) is 29.3. The number of esters is 1. The minimum Gasteiger partial charge on any atom is -0.497 e. The Morgan fingerprint density at radius 3 is 2.02 bits per heavy atom. The third-order valence-electron chi connectivity index (χ3n) is 6.91. The van der Waals surface area contributed by atoms with Gasteiger partial charge in [0.05, 0.1) is 13.0 Å². The number of carbonyl (C=O) groups is 2. The number of piperidine rings is 1. The van der Waals surface area contributed by atoms with Crippen LogP contribution in [0.3, 0.4) is 0 Å². The molecule has 0 aromatic heterocycles. The van der Waals surface area contributed by atoms with Crippen molar-refractivity contribution in [1.82, 2.24) is 4.90 Å². The van der Waals surface area contributed by atoms with Gasteiger partial charge >= 0.3 is 12.1 Å². The Morgan fingerprint density at radius 2 is 1.48 bits per heavy atom. The summed E-state index contributed by atoms with van der Waals surface area (Å²) in [7, 11) is 1.67. The number of methoxy groups -OCH3 is 1. The second-order valence-electron chi connectivity index (χ2n) is 12.7. The quantitative estimate of drug-likeness (QED) is 0.276. The third kappa shape index (κ3) is 10.7. The lowest BCUT2D eigenvalue weighted by atomic mass is 9.84. The molecule has 2 unspecified atom stereocenters. The van der Waals surface area contributed by atoms with Gasteiger partial charge in [0.2, 0.25) is 0 Å². The molecule has 0 radical (unpaired) electrons. The van der Waals surface area contributed by atoms with Crippen molar-refractivity contribution in [2.24, 2.45) is 11.8 Å². The monoisotopic (exact) mass is 569 g/mol. The van der Waals surface area contributed by atoms with E-state index in [2.05, 4.69) is 36.4 Å². The first kappa shape index (κ1) is 31.9. The normalized spacial score (nSPS) is 16.2. The standard InChI is InChI=1S/C33H47NO5S/c1-32(2,3)38-30(35)28(21-25-17-19-34(20-18-25)31(36)39-33(4,5)6)29(22-24-11-9-8-10-12-24)40-23-26-13-15-27(37-7)16-14-26/h8-16,25,28-29H,17-23H2,1-7H3. The molecule has 1 saturated heterocycles. The van der Waals surface area contributed by atoms with Gasteiger partial charge in [-0.3, -0.25) is 4.79 Å². The number of ether oxygens (including phenoxy) is 3. The average Bonchev–Trinajstić information content (AvgIpc) is 2.89. The van der Waals surface area contributed by atoms with Crippen molar-refractivity contribution in [3.8, 4) is 5.75 Å². The average molecular weight is 570 g/mol. The maximum atomic E-state index is 13.8. The smallest absolute Gasteiger partial charge is 0.410 e. The summed E-state index contributed by atoms with van der Waals surface area (Å²) >= 11 is 1.82. The number of carbonyl (C=O) groups excluding carboxylic acids is 2. The zero-order valence-corrected chi connectivity index (χ0v) is 26.1. The molecule has 2 atom stereocenters. The van der Waals surface area contributed by atoms with Gasteiger partial charge in [0.25, 0.3) is 0 Å². The van der Waals surface area contributed by atoms with Crippen molar-refractivity contribution in [3.63, 3.8) is 0 Å². The molecule has 1 aliphatic rings. The fourth-order valence-corrected chi connectivity index (χ4v) is 6.27. The van der Waals surface area contributed by atoms with E-state index in [9.17, 15) is 9.59 Å². The molecule has 2 aromatic rings. The Hall–Kier alpha value is -2.67. The fourth-order valence-electron chi connectivity index (χ4n) is 4.90. The van der Waals surface area contributed by atoms with Gasteiger partial charge < -0.3 is 19.1 Å². The topological polar surface area (TPSA) is 65.1 Å². The van der Waals surface area contributed by atoms with E-state index in [4.69, 9.17) is 14.2 Å². The van der Waals surface area contributed by atoms with Gasteiger partial charge in [-0.05, 0) is 96.4 Å². The highest BCUT2D eigenvalue weighted by Gasteiger charge is 2.36. The minimum absolute atomic E-state index is 0.0447. The maximum Gasteiger partial charge on any atom is 0.410 e. The van der Waals surface area contributed by atoms with Gasteiger partial charge in [-0.2, -0.15) is 11.8 Å². The van der Waals surface area contributed by atoms with E-state index in [-0.39, 0.29) is 23.2 Å². The molecule has 0 spiro atoms. The first-order valence-corrected chi connectivity index (χ1v) is 15.4. The van der Waals surface area contributed by atoms with Crippen molar-refractivity contribution >= 4 is 23.8 Å². The Kier molecular flexibility index (Phi) is 11.4. The molecule has 0 saturated carbocycles. The van der Waals surface area contributed by atoms with Crippen molar-refractivity contribution in [2.75, 3.05) is 20.2 Å². The predicted molar refractivity (Wildman–Crippen MR) is 163 cm³/mol. The lowest BCUT2D eigenvalue weighted by molar-refractivity contribution is -0.160. The summed E-state index contributed by atoms with van der Waals surface area (Å²) in [6, 6.07) is 18.5. The number of thioether (sulfide) groups is 1. The van der Waals surface area contributed by atoms with Crippen molar-refractivity contribution in [1.29, 1.82) is 0 Å². The van der Waals surface area contributed by atoms with Crippen LogP contribution in [0, 0.1) is 11.8 Å². The van der Waals surface area contributed by atoms with Gasteiger partial charge in [0, 0.05) is 24.1 Å². The highest BCUT2D eigenvalue weighted by Crippen LogP contribution is 2.36. The van der Waals surface area contributed by atoms with E-state index in [1.54, 1.807) is 12.0 Å². The molecule has 2 aromatic carbocycles. The van der Waals surface area contributed by atoms with Crippen LogP contribution in [0.5, 0.6) is 5.75 Å². The SMILES string of the molecule is COc1ccc(CSC(Cc2ccccc2)C(CC2CCN(C(=O)OC(C)(C)C)CC2)C(=O)OC(C)(C)C)cc1. The summed E-state index contributed by atoms with van der Waals surface area (Å²) in [4.78, 5) is 28.1. The molecule has 3 rings (SSSR count). The number of benzene rings is 2. The molecule has 1 heterocycles. The molecule has 0 aliphatic carbocycles. The summed E-state index contributed by atoms with van der Waals surface area (Å²) in [6.07, 6.45) is 2.96. The second-order valence-corrected chi connectivity index (χ2v) is 13.9. The zero-order valence-electron chi connectivity index (χ0n) is 25.3. The van der Waals surface area contributed by atoms with E-state index in [0.717, 1.165) is 37.2 Å². The lowest BCUT2D eigenvalue weighted by Gasteiger charge is -2.36. The molecule has 6 nitrogen and oxygen atoms in total. The van der Waals surface area contributed by atoms with Crippen LogP contribution in [-0.2, 0) is 26.4 Å². The first-order chi connectivity index (χ1) is 18.8. The molecular weight excluding hydrogens is 522 g/mol. The van der Waals surface area contributed by atoms with Crippen LogP contribution in [0.15, 0.2) is 54.6 Å². The van der Waals surface area contributed by atoms with Crippen LogP contribution in [0.1, 0.15) is 71.9 Å². The molecule has 1 amide bonds. The van der Waals surface area contributed by atoms with Crippen LogP contribution < -0.4 is 4.74 Å². The van der Waals surface area contributed by atoms with Gasteiger partial charge in [0.15, 0.2) is 0 Å². The Balaban J connectivity index is 1.78. The Bertz CT molecular complexity index is 1070. The van der Waals surface area contributed by atoms with Crippen molar-refractivity contribution in [3.05, 3.63) is 65.7 Å². The molecule has 0 bridgehead atoms. The van der Waals surface area contributed by atoms with Gasteiger partial charge in [-0.15, -0.1) is 0 Å². The largest absolute Gasteiger partial charge is 0.497 e. The highest BCUT2D eigenvalue weighted by atomic mass is 32.2. The van der Waals surface area contributed by atoms with E-state index in [1.807, 2.05) is 71.5 Å². The van der Waals surface area contributed by atoms with Crippen molar-refractivity contribution < 1.29 is 23.8 Å². The van der Waals surface area contributed by atoms with Gasteiger partial charge in [-0.1, -0.05) is 42.5 Å². The molecule has 1 aliphatic heterocycles. The van der Waals surface area contributed by atoms with E-state index < -0.39 is 11.2 Å². The molecular formula is C33H47NO5S. The predicted octanol–water partition coefficient (Wildman–Crippen LogP) is 7.53. The van der Waals surface area contributed by atoms with Crippen LogP contribution >= 0.6 is 11.8 Å². The number of nitrogens with zero attached hydrogens (tertiary/aromatic N) is 1. The maximum absolute atomic E-state index is 13.8. The number of hydrogen-bond acceptors (Lipinski definition) is 6.